The van der Waals surface area contributed by atoms with Gasteiger partial charge in [-0.05, 0) is 63.9 Å². The maximum absolute atomic E-state index is 12.4. The number of carbonyl (C=O) groups excluding carboxylic acids is 1. The van der Waals surface area contributed by atoms with E-state index in [1.165, 1.54) is 51.1 Å². The molecule has 102 valence electrons. The fourth-order valence-corrected chi connectivity index (χ4v) is 4.43. The number of benzene rings is 3. The molecule has 3 aromatic carbocycles. The number of Topliss-reactive ketones (excluding diaryl/α,β-unsaturated/α-hetero) is 1. The Hall–Kier alpha value is -2.15. The van der Waals surface area contributed by atoms with Crippen LogP contribution in [0.1, 0.15) is 39.9 Å². The molecule has 1 nitrogen and oxygen atoms in total. The van der Waals surface area contributed by atoms with Gasteiger partial charge in [-0.1, -0.05) is 36.4 Å². The van der Waals surface area contributed by atoms with Gasteiger partial charge >= 0.3 is 0 Å². The molecular weight excluding hydrogens is 256 g/mol. The molecule has 1 heteroatoms. The first kappa shape index (κ1) is 11.5. The molecule has 2 aliphatic rings. The summed E-state index contributed by atoms with van der Waals surface area (Å²) < 4.78 is 0. The van der Waals surface area contributed by atoms with Gasteiger partial charge in [-0.25, -0.2) is 0 Å². The highest BCUT2D eigenvalue weighted by Gasteiger charge is 2.30. The van der Waals surface area contributed by atoms with Crippen LogP contribution in [0.15, 0.2) is 36.4 Å². The van der Waals surface area contributed by atoms with Crippen molar-refractivity contribution >= 4 is 27.3 Å². The Morgan fingerprint density at radius 2 is 1.57 bits per heavy atom. The minimum Gasteiger partial charge on any atom is -0.294 e. The first-order chi connectivity index (χ1) is 10.3. The van der Waals surface area contributed by atoms with Gasteiger partial charge in [0.25, 0.3) is 0 Å². The van der Waals surface area contributed by atoms with E-state index in [0.29, 0.717) is 12.2 Å². The lowest BCUT2D eigenvalue weighted by Crippen LogP contribution is -1.99. The first-order valence-corrected chi connectivity index (χ1v) is 7.86. The number of ketones is 1. The zero-order chi connectivity index (χ0) is 14.0. The summed E-state index contributed by atoms with van der Waals surface area (Å²) in [6.45, 7) is 0. The number of hydrogen-bond acceptors (Lipinski definition) is 1. The van der Waals surface area contributed by atoms with Gasteiger partial charge < -0.3 is 0 Å². The van der Waals surface area contributed by atoms with Crippen molar-refractivity contribution in [2.45, 2.75) is 32.1 Å². The van der Waals surface area contributed by atoms with Crippen molar-refractivity contribution < 1.29 is 4.79 Å². The van der Waals surface area contributed by atoms with E-state index in [4.69, 9.17) is 0 Å². The molecule has 3 aromatic rings. The van der Waals surface area contributed by atoms with Crippen molar-refractivity contribution in [1.82, 2.24) is 0 Å². The fraction of sp³-hybridized carbons (Fsp3) is 0.250. The summed E-state index contributed by atoms with van der Waals surface area (Å²) in [6.07, 6.45) is 5.22. The third kappa shape index (κ3) is 1.39. The molecule has 0 bridgehead atoms. The molecular formula is C20H16O. The number of hydrogen-bond donors (Lipinski definition) is 0. The van der Waals surface area contributed by atoms with E-state index >= 15 is 0 Å². The summed E-state index contributed by atoms with van der Waals surface area (Å²) in [5.74, 6) is 0.347. The maximum atomic E-state index is 12.4. The molecule has 0 saturated carbocycles. The number of carbonyl (C=O) groups is 1. The number of aryl methyl sites for hydroxylation is 1. The lowest BCUT2D eigenvalue weighted by Gasteiger charge is -2.14. The van der Waals surface area contributed by atoms with Crippen LogP contribution in [0.2, 0.25) is 0 Å². The Labute approximate surface area is 123 Å². The van der Waals surface area contributed by atoms with E-state index in [1.54, 1.807) is 0 Å². The van der Waals surface area contributed by atoms with Crippen molar-refractivity contribution in [1.29, 1.82) is 0 Å². The Bertz CT molecular complexity index is 934. The first-order valence-electron chi connectivity index (χ1n) is 7.86. The predicted molar refractivity (Wildman–Crippen MR) is 86.1 cm³/mol. The Morgan fingerprint density at radius 3 is 2.52 bits per heavy atom. The molecule has 0 aromatic heterocycles. The standard InChI is InChI=1S/C20H16O/c21-18-11-10-16-14-6-3-7-15(14)19-13-5-2-1-4-12(13)8-9-17(19)20(16)18/h1-2,4-5,8-9H,3,6-7,10-11H2. The molecule has 2 aliphatic carbocycles. The lowest BCUT2D eigenvalue weighted by atomic mass is 9.89. The highest BCUT2D eigenvalue weighted by molar-refractivity contribution is 6.19. The molecule has 0 amide bonds. The summed E-state index contributed by atoms with van der Waals surface area (Å²) in [5, 5.41) is 5.15. The van der Waals surface area contributed by atoms with Crippen LogP contribution in [0.5, 0.6) is 0 Å². The molecule has 0 radical (unpaired) electrons. The highest BCUT2D eigenvalue weighted by atomic mass is 16.1. The number of rotatable bonds is 0. The number of fused-ring (bicyclic) bond motifs is 8. The SMILES string of the molecule is O=C1CCc2c3c(c4c(ccc5ccccc54)c21)CCC3. The van der Waals surface area contributed by atoms with Gasteiger partial charge in [0.05, 0.1) is 0 Å². The Kier molecular flexibility index (Phi) is 2.16. The van der Waals surface area contributed by atoms with Gasteiger partial charge in [0.2, 0.25) is 0 Å². The summed E-state index contributed by atoms with van der Waals surface area (Å²) in [6, 6.07) is 12.9. The normalized spacial score (nSPS) is 16.7. The Balaban J connectivity index is 2.08. The van der Waals surface area contributed by atoms with Gasteiger partial charge in [0, 0.05) is 12.0 Å². The van der Waals surface area contributed by atoms with E-state index in [1.807, 2.05) is 0 Å². The summed E-state index contributed by atoms with van der Waals surface area (Å²) in [4.78, 5) is 12.4. The molecule has 0 atom stereocenters. The molecule has 0 aliphatic heterocycles. The van der Waals surface area contributed by atoms with E-state index in [-0.39, 0.29) is 0 Å². The van der Waals surface area contributed by atoms with Crippen molar-refractivity contribution in [2.24, 2.45) is 0 Å². The average molecular weight is 272 g/mol. The average Bonchev–Trinajstić information content (AvgIpc) is 3.13. The third-order valence-corrected chi connectivity index (χ3v) is 5.26. The maximum Gasteiger partial charge on any atom is 0.164 e. The van der Waals surface area contributed by atoms with Crippen molar-refractivity contribution in [2.75, 3.05) is 0 Å². The monoisotopic (exact) mass is 272 g/mol. The van der Waals surface area contributed by atoms with Gasteiger partial charge in [-0.3, -0.25) is 4.79 Å². The van der Waals surface area contributed by atoms with Crippen LogP contribution in [0, 0.1) is 0 Å². The van der Waals surface area contributed by atoms with Gasteiger partial charge in [-0.2, -0.15) is 0 Å². The van der Waals surface area contributed by atoms with Gasteiger partial charge in [0.1, 0.15) is 0 Å². The molecule has 0 spiro atoms. The summed E-state index contributed by atoms with van der Waals surface area (Å²) in [7, 11) is 0. The van der Waals surface area contributed by atoms with Gasteiger partial charge in [0.15, 0.2) is 5.78 Å². The van der Waals surface area contributed by atoms with E-state index < -0.39 is 0 Å². The third-order valence-electron chi connectivity index (χ3n) is 5.26. The van der Waals surface area contributed by atoms with Crippen LogP contribution >= 0.6 is 0 Å². The molecule has 0 heterocycles. The van der Waals surface area contributed by atoms with E-state index in [0.717, 1.165) is 18.4 Å². The second-order valence-electron chi connectivity index (χ2n) is 6.30. The fourth-order valence-electron chi connectivity index (χ4n) is 4.43. The van der Waals surface area contributed by atoms with Crippen molar-refractivity contribution in [3.8, 4) is 0 Å². The molecule has 0 N–H and O–H groups in total. The minimum atomic E-state index is 0.347. The zero-order valence-electron chi connectivity index (χ0n) is 11.9. The second kappa shape index (κ2) is 3.94. The van der Waals surface area contributed by atoms with Crippen LogP contribution in [0.25, 0.3) is 21.5 Å². The Morgan fingerprint density at radius 1 is 0.714 bits per heavy atom. The zero-order valence-corrected chi connectivity index (χ0v) is 11.9. The highest BCUT2D eigenvalue weighted by Crippen LogP contribution is 2.42. The van der Waals surface area contributed by atoms with Gasteiger partial charge in [-0.15, -0.1) is 0 Å². The second-order valence-corrected chi connectivity index (χ2v) is 6.30. The van der Waals surface area contributed by atoms with Crippen LogP contribution in [0.3, 0.4) is 0 Å². The summed E-state index contributed by atoms with van der Waals surface area (Å²) in [5.41, 5.74) is 5.43. The van der Waals surface area contributed by atoms with E-state index in [2.05, 4.69) is 36.4 Å². The molecule has 21 heavy (non-hydrogen) atoms. The molecule has 0 unspecified atom stereocenters. The quantitative estimate of drug-likeness (QED) is 0.546. The largest absolute Gasteiger partial charge is 0.294 e. The topological polar surface area (TPSA) is 17.1 Å². The van der Waals surface area contributed by atoms with Crippen LogP contribution in [0.4, 0.5) is 0 Å². The molecule has 0 saturated heterocycles. The lowest BCUT2D eigenvalue weighted by molar-refractivity contribution is 0.0996. The van der Waals surface area contributed by atoms with Crippen LogP contribution in [-0.2, 0) is 19.3 Å². The van der Waals surface area contributed by atoms with E-state index in [9.17, 15) is 4.79 Å². The summed E-state index contributed by atoms with van der Waals surface area (Å²) >= 11 is 0. The molecule has 5 rings (SSSR count). The van der Waals surface area contributed by atoms with Crippen molar-refractivity contribution in [3.05, 3.63) is 58.7 Å². The minimum absolute atomic E-state index is 0.347. The van der Waals surface area contributed by atoms with Crippen molar-refractivity contribution in [3.63, 3.8) is 0 Å². The van der Waals surface area contributed by atoms with Crippen LogP contribution in [-0.4, -0.2) is 5.78 Å². The predicted octanol–water partition coefficient (Wildman–Crippen LogP) is 4.61. The molecule has 0 fully saturated rings. The smallest absolute Gasteiger partial charge is 0.164 e. The van der Waals surface area contributed by atoms with Crippen LogP contribution < -0.4 is 0 Å².